The van der Waals surface area contributed by atoms with E-state index in [1.807, 2.05) is 0 Å². The minimum atomic E-state index is -0.191. The van der Waals surface area contributed by atoms with Crippen LogP contribution in [0.2, 0.25) is 0 Å². The Hall–Kier alpha value is -1.88. The van der Waals surface area contributed by atoms with Crippen LogP contribution in [0.25, 0.3) is 0 Å². The van der Waals surface area contributed by atoms with Crippen molar-refractivity contribution in [3.63, 3.8) is 0 Å². The summed E-state index contributed by atoms with van der Waals surface area (Å²) in [5.41, 5.74) is 2.25. The molecule has 1 saturated carbocycles. The van der Waals surface area contributed by atoms with Gasteiger partial charge in [0.25, 0.3) is 0 Å². The molecular formula is C22H31N3O2. The van der Waals surface area contributed by atoms with Crippen molar-refractivity contribution in [2.75, 3.05) is 37.6 Å². The van der Waals surface area contributed by atoms with Gasteiger partial charge in [-0.3, -0.25) is 19.8 Å². The van der Waals surface area contributed by atoms with E-state index in [2.05, 4.69) is 39.4 Å². The highest BCUT2D eigenvalue weighted by Gasteiger charge is 2.28. The largest absolute Gasteiger partial charge is 0.369 e. The van der Waals surface area contributed by atoms with Crippen LogP contribution in [-0.2, 0) is 9.59 Å². The fourth-order valence-electron chi connectivity index (χ4n) is 4.85. The molecule has 1 N–H and O–H groups in total. The summed E-state index contributed by atoms with van der Waals surface area (Å²) in [7, 11) is 0. The molecule has 27 heavy (non-hydrogen) atoms. The first-order valence-electron chi connectivity index (χ1n) is 10.6. The zero-order chi connectivity index (χ0) is 18.6. The molecule has 1 unspecified atom stereocenters. The summed E-state index contributed by atoms with van der Waals surface area (Å²) in [4.78, 5) is 28.5. The first kappa shape index (κ1) is 18.5. The van der Waals surface area contributed by atoms with Gasteiger partial charge in [-0.25, -0.2) is 0 Å². The maximum Gasteiger partial charge on any atom is 0.234 e. The zero-order valence-corrected chi connectivity index (χ0v) is 16.2. The van der Waals surface area contributed by atoms with Crippen molar-refractivity contribution in [2.45, 2.75) is 50.9 Å². The van der Waals surface area contributed by atoms with Gasteiger partial charge in [-0.05, 0) is 42.9 Å². The number of carbonyl (C=O) groups excluding carboxylic acids is 2. The van der Waals surface area contributed by atoms with Crippen LogP contribution in [0.15, 0.2) is 24.3 Å². The number of piperazine rings is 1. The van der Waals surface area contributed by atoms with Crippen molar-refractivity contribution in [1.82, 2.24) is 10.2 Å². The first-order valence-corrected chi connectivity index (χ1v) is 10.6. The number of nitrogens with zero attached hydrogens (tertiary/aromatic N) is 2. The number of amides is 2. The van der Waals surface area contributed by atoms with Gasteiger partial charge in [-0.15, -0.1) is 0 Å². The Bertz CT molecular complexity index is 659. The van der Waals surface area contributed by atoms with Crippen LogP contribution in [0.3, 0.4) is 0 Å². The molecule has 0 spiro atoms. The van der Waals surface area contributed by atoms with Crippen LogP contribution in [-0.4, -0.2) is 49.4 Å². The van der Waals surface area contributed by atoms with Gasteiger partial charge in [0, 0.05) is 44.8 Å². The molecule has 1 aromatic rings. The lowest BCUT2D eigenvalue weighted by atomic mass is 9.89. The van der Waals surface area contributed by atoms with Crippen molar-refractivity contribution in [1.29, 1.82) is 0 Å². The lowest BCUT2D eigenvalue weighted by Gasteiger charge is -2.38. The van der Waals surface area contributed by atoms with E-state index >= 15 is 0 Å². The van der Waals surface area contributed by atoms with Crippen LogP contribution in [0.5, 0.6) is 0 Å². The molecule has 2 heterocycles. The summed E-state index contributed by atoms with van der Waals surface area (Å²) >= 11 is 0. The van der Waals surface area contributed by atoms with Gasteiger partial charge in [-0.1, -0.05) is 31.4 Å². The summed E-state index contributed by atoms with van der Waals surface area (Å²) in [5.74, 6) is 0.413. The van der Waals surface area contributed by atoms with Crippen molar-refractivity contribution < 1.29 is 9.59 Å². The Morgan fingerprint density at radius 3 is 2.26 bits per heavy atom. The number of piperidine rings is 1. The third-order valence-corrected chi connectivity index (χ3v) is 6.51. The highest BCUT2D eigenvalue weighted by atomic mass is 16.2. The smallest absolute Gasteiger partial charge is 0.234 e. The van der Waals surface area contributed by atoms with Crippen LogP contribution in [0, 0.1) is 5.92 Å². The minimum absolute atomic E-state index is 0.154. The normalized spacial score (nSPS) is 25.5. The second kappa shape index (κ2) is 8.42. The Morgan fingerprint density at radius 2 is 1.59 bits per heavy atom. The molecule has 0 bridgehead atoms. The summed E-state index contributed by atoms with van der Waals surface area (Å²) in [6.45, 7) is 5.72. The fourth-order valence-corrected chi connectivity index (χ4v) is 4.85. The van der Waals surface area contributed by atoms with E-state index in [0.717, 1.165) is 37.7 Å². The summed E-state index contributed by atoms with van der Waals surface area (Å²) in [5, 5.41) is 2.45. The second-order valence-electron chi connectivity index (χ2n) is 8.39. The van der Waals surface area contributed by atoms with Crippen molar-refractivity contribution >= 4 is 17.5 Å². The third kappa shape index (κ3) is 4.52. The third-order valence-electron chi connectivity index (χ3n) is 6.51. The standard InChI is InChI=1S/C22H31N3O2/c26-21-11-10-20(22(27)23-21)18-6-8-19(9-7-18)25-14-12-24(13-15-25)16-17-4-2-1-3-5-17/h6-9,17,20H,1-5,10-16H2,(H,23,26,27). The average Bonchev–Trinajstić information content (AvgIpc) is 2.70. The molecule has 0 aromatic heterocycles. The van der Waals surface area contributed by atoms with Gasteiger partial charge in [0.05, 0.1) is 5.92 Å². The van der Waals surface area contributed by atoms with Gasteiger partial charge in [0.15, 0.2) is 0 Å². The lowest BCUT2D eigenvalue weighted by Crippen LogP contribution is -2.48. The maximum absolute atomic E-state index is 12.0. The molecule has 0 radical (unpaired) electrons. The van der Waals surface area contributed by atoms with E-state index in [4.69, 9.17) is 0 Å². The van der Waals surface area contributed by atoms with E-state index in [1.54, 1.807) is 0 Å². The predicted molar refractivity (Wildman–Crippen MR) is 107 cm³/mol. The van der Waals surface area contributed by atoms with Gasteiger partial charge in [0.2, 0.25) is 11.8 Å². The van der Waals surface area contributed by atoms with Crippen LogP contribution in [0.1, 0.15) is 56.4 Å². The molecule has 4 rings (SSSR count). The van der Waals surface area contributed by atoms with Crippen molar-refractivity contribution in [3.05, 3.63) is 29.8 Å². The quantitative estimate of drug-likeness (QED) is 0.829. The summed E-state index contributed by atoms with van der Waals surface area (Å²) in [6.07, 6.45) is 8.16. The Balaban J connectivity index is 1.29. The van der Waals surface area contributed by atoms with Crippen molar-refractivity contribution in [3.8, 4) is 0 Å². The number of benzene rings is 1. The van der Waals surface area contributed by atoms with E-state index in [-0.39, 0.29) is 17.7 Å². The lowest BCUT2D eigenvalue weighted by molar-refractivity contribution is -0.134. The van der Waals surface area contributed by atoms with Gasteiger partial charge in [0.1, 0.15) is 0 Å². The van der Waals surface area contributed by atoms with E-state index in [1.165, 1.54) is 44.3 Å². The number of carbonyl (C=O) groups is 2. The fraction of sp³-hybridized carbons (Fsp3) is 0.636. The zero-order valence-electron chi connectivity index (χ0n) is 16.2. The maximum atomic E-state index is 12.0. The highest BCUT2D eigenvalue weighted by Crippen LogP contribution is 2.28. The first-order chi connectivity index (χ1) is 13.2. The number of anilines is 1. The van der Waals surface area contributed by atoms with Crippen LogP contribution < -0.4 is 10.2 Å². The number of rotatable bonds is 4. The molecule has 2 saturated heterocycles. The molecule has 2 aliphatic heterocycles. The van der Waals surface area contributed by atoms with Crippen LogP contribution >= 0.6 is 0 Å². The number of hydrogen-bond acceptors (Lipinski definition) is 4. The van der Waals surface area contributed by atoms with Crippen molar-refractivity contribution in [2.24, 2.45) is 5.92 Å². The topological polar surface area (TPSA) is 52.7 Å². The summed E-state index contributed by atoms with van der Waals surface area (Å²) in [6, 6.07) is 8.39. The highest BCUT2D eigenvalue weighted by molar-refractivity contribution is 6.00. The Morgan fingerprint density at radius 1 is 0.889 bits per heavy atom. The van der Waals surface area contributed by atoms with Gasteiger partial charge in [-0.2, -0.15) is 0 Å². The molecule has 146 valence electrons. The van der Waals surface area contributed by atoms with Gasteiger partial charge < -0.3 is 4.90 Å². The SMILES string of the molecule is O=C1CCC(c2ccc(N3CCN(CC4CCCCC4)CC3)cc2)C(=O)N1. The molecule has 1 atom stereocenters. The summed E-state index contributed by atoms with van der Waals surface area (Å²) < 4.78 is 0. The van der Waals surface area contributed by atoms with E-state index in [0.29, 0.717) is 12.8 Å². The number of nitrogens with one attached hydrogen (secondary N) is 1. The molecular weight excluding hydrogens is 338 g/mol. The van der Waals surface area contributed by atoms with Gasteiger partial charge >= 0.3 is 0 Å². The molecule has 1 aromatic carbocycles. The monoisotopic (exact) mass is 369 g/mol. The Kier molecular flexibility index (Phi) is 5.77. The predicted octanol–water partition coefficient (Wildman–Crippen LogP) is 2.91. The molecule has 5 heteroatoms. The molecule has 1 aliphatic carbocycles. The van der Waals surface area contributed by atoms with E-state index in [9.17, 15) is 9.59 Å². The molecule has 3 aliphatic rings. The second-order valence-corrected chi connectivity index (χ2v) is 8.39. The Labute approximate surface area is 162 Å². The molecule has 3 fully saturated rings. The molecule has 5 nitrogen and oxygen atoms in total. The average molecular weight is 370 g/mol. The number of imide groups is 1. The van der Waals surface area contributed by atoms with E-state index < -0.39 is 0 Å². The minimum Gasteiger partial charge on any atom is -0.369 e. The number of hydrogen-bond donors (Lipinski definition) is 1. The van der Waals surface area contributed by atoms with Crippen LogP contribution in [0.4, 0.5) is 5.69 Å². The molecule has 2 amide bonds.